The maximum atomic E-state index is 11.8. The monoisotopic (exact) mass is 201 g/mol. The van der Waals surface area contributed by atoms with Gasteiger partial charge in [0.2, 0.25) is 0 Å². The highest BCUT2D eigenvalue weighted by molar-refractivity contribution is 5.81. The first-order valence-electron chi connectivity index (χ1n) is 5.22. The molecule has 4 nitrogen and oxygen atoms in total. The number of hydrogen-bond acceptors (Lipinski definition) is 3. The fourth-order valence-corrected chi connectivity index (χ4v) is 1.78. The van der Waals surface area contributed by atoms with Crippen LogP contribution >= 0.6 is 0 Å². The van der Waals surface area contributed by atoms with Crippen LogP contribution < -0.4 is 0 Å². The lowest BCUT2D eigenvalue weighted by Gasteiger charge is -2.29. The maximum Gasteiger partial charge on any atom is 0.251 e. The molecule has 0 spiro atoms. The first-order chi connectivity index (χ1) is 6.79. The lowest BCUT2D eigenvalue weighted by Crippen LogP contribution is -2.43. The minimum atomic E-state index is -0.460. The average Bonchev–Trinajstić information content (AvgIpc) is 2.26. The molecular weight excluding hydrogens is 182 g/mol. The summed E-state index contributed by atoms with van der Waals surface area (Å²) in [6.07, 6.45) is 3.31. The Labute approximate surface area is 84.8 Å². The van der Waals surface area contributed by atoms with Gasteiger partial charge in [-0.1, -0.05) is 0 Å². The van der Waals surface area contributed by atoms with E-state index in [9.17, 15) is 4.79 Å². The smallest absolute Gasteiger partial charge is 0.251 e. The molecule has 1 N–H and O–H groups in total. The van der Waals surface area contributed by atoms with Crippen molar-refractivity contribution in [3.05, 3.63) is 0 Å². The van der Waals surface area contributed by atoms with E-state index in [0.29, 0.717) is 6.42 Å². The Morgan fingerprint density at radius 3 is 2.57 bits per heavy atom. The first kappa shape index (κ1) is 11.5. The van der Waals surface area contributed by atoms with Crippen molar-refractivity contribution in [1.82, 2.24) is 4.90 Å². The van der Waals surface area contributed by atoms with Crippen LogP contribution in [-0.2, 0) is 9.53 Å². The van der Waals surface area contributed by atoms with Crippen molar-refractivity contribution in [2.45, 2.75) is 31.8 Å². The van der Waals surface area contributed by atoms with Crippen molar-refractivity contribution in [2.24, 2.45) is 0 Å². The quantitative estimate of drug-likeness (QED) is 0.716. The van der Waals surface area contributed by atoms with E-state index in [0.717, 1.165) is 25.9 Å². The van der Waals surface area contributed by atoms with E-state index in [4.69, 9.17) is 9.84 Å². The van der Waals surface area contributed by atoms with Crippen molar-refractivity contribution >= 4 is 5.91 Å². The van der Waals surface area contributed by atoms with Gasteiger partial charge in [0.25, 0.3) is 5.91 Å². The van der Waals surface area contributed by atoms with Crippen LogP contribution in [0.4, 0.5) is 0 Å². The highest BCUT2D eigenvalue weighted by Gasteiger charge is 2.24. The fraction of sp³-hybridized carbons (Fsp3) is 0.900. The van der Waals surface area contributed by atoms with E-state index in [2.05, 4.69) is 0 Å². The average molecular weight is 201 g/mol. The molecular formula is C10H19NO3. The first-order valence-corrected chi connectivity index (χ1v) is 5.22. The summed E-state index contributed by atoms with van der Waals surface area (Å²) in [5, 5.41) is 8.76. The van der Waals surface area contributed by atoms with Crippen molar-refractivity contribution in [1.29, 1.82) is 0 Å². The largest absolute Gasteiger partial charge is 0.396 e. The SMILES string of the molecule is COC(CCO)C(=O)N1CCCCC1. The van der Waals surface area contributed by atoms with E-state index < -0.39 is 6.10 Å². The minimum absolute atomic E-state index is 0.00190. The summed E-state index contributed by atoms with van der Waals surface area (Å²) in [6, 6.07) is 0. The van der Waals surface area contributed by atoms with Gasteiger partial charge in [-0.15, -0.1) is 0 Å². The van der Waals surface area contributed by atoms with Gasteiger partial charge in [-0.3, -0.25) is 4.79 Å². The van der Waals surface area contributed by atoms with Crippen molar-refractivity contribution in [2.75, 3.05) is 26.8 Å². The lowest BCUT2D eigenvalue weighted by atomic mass is 10.1. The Morgan fingerprint density at radius 2 is 2.07 bits per heavy atom. The summed E-state index contributed by atoms with van der Waals surface area (Å²) in [5.74, 6) is 0.0289. The lowest BCUT2D eigenvalue weighted by molar-refractivity contribution is -0.143. The molecule has 0 aromatic rings. The van der Waals surface area contributed by atoms with Gasteiger partial charge >= 0.3 is 0 Å². The van der Waals surface area contributed by atoms with E-state index in [1.807, 2.05) is 4.90 Å². The normalized spacial score (nSPS) is 19.4. The summed E-state index contributed by atoms with van der Waals surface area (Å²) in [4.78, 5) is 13.6. The fourth-order valence-electron chi connectivity index (χ4n) is 1.78. The molecule has 1 heterocycles. The van der Waals surface area contributed by atoms with Crippen molar-refractivity contribution < 1.29 is 14.6 Å². The predicted octanol–water partition coefficient (Wildman–Crippen LogP) is 0.396. The highest BCUT2D eigenvalue weighted by Crippen LogP contribution is 2.12. The van der Waals surface area contributed by atoms with Gasteiger partial charge in [0.05, 0.1) is 0 Å². The second-order valence-corrected chi connectivity index (χ2v) is 3.62. The highest BCUT2D eigenvalue weighted by atomic mass is 16.5. The topological polar surface area (TPSA) is 49.8 Å². The second-order valence-electron chi connectivity index (χ2n) is 3.62. The van der Waals surface area contributed by atoms with Crippen LogP contribution in [0.5, 0.6) is 0 Å². The Balaban J connectivity index is 2.43. The van der Waals surface area contributed by atoms with E-state index in [-0.39, 0.29) is 12.5 Å². The number of likely N-dealkylation sites (tertiary alicyclic amines) is 1. The van der Waals surface area contributed by atoms with Crippen LogP contribution in [-0.4, -0.2) is 48.8 Å². The van der Waals surface area contributed by atoms with Gasteiger partial charge in [0, 0.05) is 33.2 Å². The van der Waals surface area contributed by atoms with E-state index >= 15 is 0 Å². The molecule has 1 aliphatic rings. The summed E-state index contributed by atoms with van der Waals surface area (Å²) in [6.45, 7) is 1.67. The summed E-state index contributed by atoms with van der Waals surface area (Å²) in [5.41, 5.74) is 0. The Bertz CT molecular complexity index is 171. The Morgan fingerprint density at radius 1 is 1.43 bits per heavy atom. The number of piperidine rings is 1. The predicted molar refractivity (Wildman–Crippen MR) is 52.9 cm³/mol. The number of amides is 1. The molecule has 1 saturated heterocycles. The van der Waals surface area contributed by atoms with Crippen molar-refractivity contribution in [3.63, 3.8) is 0 Å². The van der Waals surface area contributed by atoms with Gasteiger partial charge in [-0.25, -0.2) is 0 Å². The standard InChI is InChI=1S/C10H19NO3/c1-14-9(5-8-12)10(13)11-6-3-2-4-7-11/h9,12H,2-8H2,1H3. The van der Waals surface area contributed by atoms with E-state index in [1.165, 1.54) is 13.5 Å². The number of aliphatic hydroxyl groups excluding tert-OH is 1. The van der Waals surface area contributed by atoms with Gasteiger partial charge in [0.1, 0.15) is 6.10 Å². The second kappa shape index (κ2) is 5.98. The molecule has 82 valence electrons. The molecule has 4 heteroatoms. The number of rotatable bonds is 4. The minimum Gasteiger partial charge on any atom is -0.396 e. The zero-order valence-electron chi connectivity index (χ0n) is 8.74. The number of aliphatic hydroxyl groups is 1. The van der Waals surface area contributed by atoms with Crippen LogP contribution in [0.25, 0.3) is 0 Å². The molecule has 1 rings (SSSR count). The number of carbonyl (C=O) groups excluding carboxylic acids is 1. The molecule has 1 fully saturated rings. The van der Waals surface area contributed by atoms with Crippen LogP contribution in [0, 0.1) is 0 Å². The summed E-state index contributed by atoms with van der Waals surface area (Å²) < 4.78 is 5.05. The molecule has 0 radical (unpaired) electrons. The van der Waals surface area contributed by atoms with Gasteiger partial charge < -0.3 is 14.7 Å². The number of ether oxygens (including phenoxy) is 1. The molecule has 0 aromatic heterocycles. The summed E-state index contributed by atoms with van der Waals surface area (Å²) >= 11 is 0. The van der Waals surface area contributed by atoms with Gasteiger partial charge in [-0.2, -0.15) is 0 Å². The van der Waals surface area contributed by atoms with Crippen LogP contribution in [0.1, 0.15) is 25.7 Å². The molecule has 0 aromatic carbocycles. The Hall–Kier alpha value is -0.610. The third kappa shape index (κ3) is 2.96. The molecule has 1 amide bonds. The molecule has 0 bridgehead atoms. The number of nitrogens with zero attached hydrogens (tertiary/aromatic N) is 1. The zero-order chi connectivity index (χ0) is 10.4. The molecule has 0 saturated carbocycles. The molecule has 0 aliphatic carbocycles. The zero-order valence-corrected chi connectivity index (χ0v) is 8.74. The molecule has 1 aliphatic heterocycles. The molecule has 1 unspecified atom stereocenters. The summed E-state index contributed by atoms with van der Waals surface area (Å²) in [7, 11) is 1.52. The molecule has 1 atom stereocenters. The van der Waals surface area contributed by atoms with Crippen LogP contribution in [0.3, 0.4) is 0 Å². The number of methoxy groups -OCH3 is 1. The van der Waals surface area contributed by atoms with Crippen LogP contribution in [0.15, 0.2) is 0 Å². The van der Waals surface area contributed by atoms with Crippen LogP contribution in [0.2, 0.25) is 0 Å². The number of carbonyl (C=O) groups is 1. The number of hydrogen-bond donors (Lipinski definition) is 1. The van der Waals surface area contributed by atoms with E-state index in [1.54, 1.807) is 0 Å². The van der Waals surface area contributed by atoms with Gasteiger partial charge in [-0.05, 0) is 19.3 Å². The third-order valence-electron chi connectivity index (χ3n) is 2.62. The Kier molecular flexibility index (Phi) is 4.90. The molecule has 14 heavy (non-hydrogen) atoms. The maximum absolute atomic E-state index is 11.8. The third-order valence-corrected chi connectivity index (χ3v) is 2.62. The van der Waals surface area contributed by atoms with Gasteiger partial charge in [0.15, 0.2) is 0 Å². The van der Waals surface area contributed by atoms with Crippen molar-refractivity contribution in [3.8, 4) is 0 Å².